The van der Waals surface area contributed by atoms with Crippen molar-refractivity contribution < 1.29 is 14.3 Å². The standard InChI is InChI=1S/C23H28N2O3/c1-17(2)28-14-13-24-21(26)16-23(15-18-9-5-4-6-10-18)19-11-7-8-12-20(19)25(3)22(23)27/h4-12,17H,13-16H2,1-3H3,(H,24,26). The van der Waals surface area contributed by atoms with Crippen LogP contribution >= 0.6 is 0 Å². The van der Waals surface area contributed by atoms with Gasteiger partial charge in [0.05, 0.1) is 18.1 Å². The Morgan fingerprint density at radius 1 is 1.11 bits per heavy atom. The van der Waals surface area contributed by atoms with E-state index >= 15 is 0 Å². The lowest BCUT2D eigenvalue weighted by Gasteiger charge is -2.28. The van der Waals surface area contributed by atoms with E-state index in [1.54, 1.807) is 11.9 Å². The SMILES string of the molecule is CC(C)OCCNC(=O)CC1(Cc2ccccc2)C(=O)N(C)c2ccccc21. The number of hydrogen-bond acceptors (Lipinski definition) is 3. The lowest BCUT2D eigenvalue weighted by Crippen LogP contribution is -2.44. The maximum atomic E-state index is 13.4. The zero-order chi connectivity index (χ0) is 20.1. The van der Waals surface area contributed by atoms with Gasteiger partial charge in [0.15, 0.2) is 0 Å². The summed E-state index contributed by atoms with van der Waals surface area (Å²) in [5, 5.41) is 2.91. The highest BCUT2D eigenvalue weighted by Crippen LogP contribution is 2.45. The summed E-state index contributed by atoms with van der Waals surface area (Å²) < 4.78 is 5.49. The minimum Gasteiger partial charge on any atom is -0.377 e. The highest BCUT2D eigenvalue weighted by atomic mass is 16.5. The molecule has 3 rings (SSSR count). The van der Waals surface area contributed by atoms with Gasteiger partial charge in [-0.15, -0.1) is 0 Å². The first kappa shape index (κ1) is 20.1. The summed E-state index contributed by atoms with van der Waals surface area (Å²) in [6.07, 6.45) is 0.728. The molecule has 0 bridgehead atoms. The Morgan fingerprint density at radius 2 is 1.79 bits per heavy atom. The number of nitrogens with zero attached hydrogens (tertiary/aromatic N) is 1. The molecule has 2 amide bonds. The van der Waals surface area contributed by atoms with Crippen LogP contribution in [0.5, 0.6) is 0 Å². The molecular formula is C23H28N2O3. The first-order chi connectivity index (χ1) is 13.4. The van der Waals surface area contributed by atoms with Crippen molar-refractivity contribution in [2.45, 2.75) is 38.2 Å². The topological polar surface area (TPSA) is 58.6 Å². The van der Waals surface area contributed by atoms with Crippen molar-refractivity contribution in [3.05, 3.63) is 65.7 Å². The molecule has 1 atom stereocenters. The molecule has 2 aromatic rings. The quantitative estimate of drug-likeness (QED) is 0.716. The number of rotatable bonds is 8. The van der Waals surface area contributed by atoms with E-state index in [1.807, 2.05) is 68.4 Å². The van der Waals surface area contributed by atoms with E-state index < -0.39 is 5.41 Å². The number of hydrogen-bond donors (Lipinski definition) is 1. The second-order valence-corrected chi connectivity index (χ2v) is 7.57. The third-order valence-electron chi connectivity index (χ3n) is 5.18. The predicted molar refractivity (Wildman–Crippen MR) is 110 cm³/mol. The molecule has 0 aliphatic carbocycles. The van der Waals surface area contributed by atoms with Gasteiger partial charge in [-0.3, -0.25) is 9.59 Å². The van der Waals surface area contributed by atoms with Crippen LogP contribution in [0.25, 0.3) is 0 Å². The van der Waals surface area contributed by atoms with Gasteiger partial charge in [-0.2, -0.15) is 0 Å². The van der Waals surface area contributed by atoms with E-state index in [-0.39, 0.29) is 24.3 Å². The smallest absolute Gasteiger partial charge is 0.238 e. The Labute approximate surface area is 166 Å². The van der Waals surface area contributed by atoms with Gasteiger partial charge in [-0.05, 0) is 37.5 Å². The van der Waals surface area contributed by atoms with Crippen LogP contribution in [0.2, 0.25) is 0 Å². The van der Waals surface area contributed by atoms with E-state index in [4.69, 9.17) is 4.74 Å². The van der Waals surface area contributed by atoms with Crippen molar-refractivity contribution in [3.63, 3.8) is 0 Å². The molecule has 0 aromatic heterocycles. The summed E-state index contributed by atoms with van der Waals surface area (Å²) >= 11 is 0. The van der Waals surface area contributed by atoms with Crippen molar-refractivity contribution >= 4 is 17.5 Å². The molecule has 28 heavy (non-hydrogen) atoms. The molecule has 5 heteroatoms. The van der Waals surface area contributed by atoms with Gasteiger partial charge in [0.1, 0.15) is 0 Å². The fourth-order valence-corrected chi connectivity index (χ4v) is 3.89. The first-order valence-corrected chi connectivity index (χ1v) is 9.74. The molecule has 148 valence electrons. The monoisotopic (exact) mass is 380 g/mol. The molecule has 0 fully saturated rings. The molecule has 1 aliphatic rings. The Kier molecular flexibility index (Phi) is 6.15. The molecule has 5 nitrogen and oxygen atoms in total. The average Bonchev–Trinajstić information content (AvgIpc) is 2.88. The first-order valence-electron chi connectivity index (χ1n) is 9.74. The van der Waals surface area contributed by atoms with Gasteiger partial charge < -0.3 is 15.0 Å². The van der Waals surface area contributed by atoms with Crippen molar-refractivity contribution in [1.29, 1.82) is 0 Å². The van der Waals surface area contributed by atoms with Crippen molar-refractivity contribution in [2.24, 2.45) is 0 Å². The fraction of sp³-hybridized carbons (Fsp3) is 0.391. The number of ether oxygens (including phenoxy) is 1. The number of anilines is 1. The highest BCUT2D eigenvalue weighted by Gasteiger charge is 2.50. The van der Waals surface area contributed by atoms with E-state index in [0.29, 0.717) is 19.6 Å². The minimum absolute atomic E-state index is 0.0360. The van der Waals surface area contributed by atoms with Gasteiger partial charge in [0, 0.05) is 25.7 Å². The normalized spacial score (nSPS) is 18.4. The summed E-state index contributed by atoms with van der Waals surface area (Å²) in [7, 11) is 1.78. The Balaban J connectivity index is 1.86. The van der Waals surface area contributed by atoms with E-state index in [1.165, 1.54) is 0 Å². The van der Waals surface area contributed by atoms with Gasteiger partial charge in [-0.1, -0.05) is 48.5 Å². The van der Waals surface area contributed by atoms with Gasteiger partial charge >= 0.3 is 0 Å². The largest absolute Gasteiger partial charge is 0.377 e. The second-order valence-electron chi connectivity index (χ2n) is 7.57. The van der Waals surface area contributed by atoms with Crippen LogP contribution < -0.4 is 10.2 Å². The van der Waals surface area contributed by atoms with Crippen LogP contribution in [0.4, 0.5) is 5.69 Å². The summed E-state index contributed by atoms with van der Waals surface area (Å²) in [5.41, 5.74) is 1.94. The number of likely N-dealkylation sites (N-methyl/N-ethyl adjacent to an activating group) is 1. The second kappa shape index (κ2) is 8.57. The molecule has 0 spiro atoms. The zero-order valence-corrected chi connectivity index (χ0v) is 16.8. The van der Waals surface area contributed by atoms with Crippen LogP contribution in [0.3, 0.4) is 0 Å². The summed E-state index contributed by atoms with van der Waals surface area (Å²) in [5.74, 6) is -0.173. The molecular weight excluding hydrogens is 352 g/mol. The molecule has 1 aliphatic heterocycles. The molecule has 0 saturated carbocycles. The van der Waals surface area contributed by atoms with Crippen molar-refractivity contribution in [1.82, 2.24) is 5.32 Å². The molecule has 2 aromatic carbocycles. The van der Waals surface area contributed by atoms with Gasteiger partial charge in [0.25, 0.3) is 0 Å². The minimum atomic E-state index is -0.893. The van der Waals surface area contributed by atoms with E-state index in [0.717, 1.165) is 16.8 Å². The maximum absolute atomic E-state index is 13.4. The lowest BCUT2D eigenvalue weighted by atomic mass is 9.73. The van der Waals surface area contributed by atoms with E-state index in [9.17, 15) is 9.59 Å². The van der Waals surface area contributed by atoms with Gasteiger partial charge in [0.2, 0.25) is 11.8 Å². The van der Waals surface area contributed by atoms with Crippen LogP contribution in [-0.2, 0) is 26.2 Å². The molecule has 0 saturated heterocycles. The summed E-state index contributed by atoms with van der Waals surface area (Å²) in [4.78, 5) is 27.8. The highest BCUT2D eigenvalue weighted by molar-refractivity contribution is 6.09. The van der Waals surface area contributed by atoms with Crippen LogP contribution in [-0.4, -0.2) is 38.1 Å². The van der Waals surface area contributed by atoms with Crippen LogP contribution in [0, 0.1) is 0 Å². The number of para-hydroxylation sites is 1. The lowest BCUT2D eigenvalue weighted by molar-refractivity contribution is -0.129. The van der Waals surface area contributed by atoms with Crippen molar-refractivity contribution in [2.75, 3.05) is 25.1 Å². The van der Waals surface area contributed by atoms with Crippen LogP contribution in [0.15, 0.2) is 54.6 Å². The zero-order valence-electron chi connectivity index (χ0n) is 16.8. The third-order valence-corrected chi connectivity index (χ3v) is 5.18. The van der Waals surface area contributed by atoms with Crippen molar-refractivity contribution in [3.8, 4) is 0 Å². The average molecular weight is 380 g/mol. The number of nitrogens with one attached hydrogen (secondary N) is 1. The maximum Gasteiger partial charge on any atom is 0.238 e. The molecule has 1 unspecified atom stereocenters. The van der Waals surface area contributed by atoms with E-state index in [2.05, 4.69) is 5.32 Å². The third kappa shape index (κ3) is 4.09. The molecule has 1 heterocycles. The Bertz CT molecular complexity index is 835. The summed E-state index contributed by atoms with van der Waals surface area (Å²) in [6.45, 7) is 4.81. The number of carbonyl (C=O) groups is 2. The molecule has 0 radical (unpaired) electrons. The number of carbonyl (C=O) groups excluding carboxylic acids is 2. The number of fused-ring (bicyclic) bond motifs is 1. The summed E-state index contributed by atoms with van der Waals surface area (Å²) in [6, 6.07) is 17.6. The molecule has 1 N–H and O–H groups in total. The Hall–Kier alpha value is -2.66. The Morgan fingerprint density at radius 3 is 2.50 bits per heavy atom. The van der Waals surface area contributed by atoms with Gasteiger partial charge in [-0.25, -0.2) is 0 Å². The van der Waals surface area contributed by atoms with Crippen LogP contribution in [0.1, 0.15) is 31.4 Å². The number of benzene rings is 2. The number of amides is 2. The predicted octanol–water partition coefficient (Wildman–Crippen LogP) is 3.07. The fourth-order valence-electron chi connectivity index (χ4n) is 3.89.